The number of aromatic nitrogens is 1. The second kappa shape index (κ2) is 5.86. The molecule has 0 radical (unpaired) electrons. The van der Waals surface area contributed by atoms with Crippen molar-refractivity contribution in [3.8, 4) is 0 Å². The van der Waals surface area contributed by atoms with Crippen molar-refractivity contribution in [3.05, 3.63) is 60.8 Å². The van der Waals surface area contributed by atoms with Crippen molar-refractivity contribution in [2.75, 3.05) is 4.72 Å². The van der Waals surface area contributed by atoms with Crippen molar-refractivity contribution in [3.63, 3.8) is 0 Å². The summed E-state index contributed by atoms with van der Waals surface area (Å²) in [6, 6.07) is 12.7. The number of hydrogen-bond donors (Lipinski definition) is 2. The SMILES string of the molecule is O=S(=O)(O)c1ccc(NS(=O)(=O)c2ccc3ncccc3c2)cc1. The van der Waals surface area contributed by atoms with Crippen LogP contribution < -0.4 is 4.72 Å². The number of rotatable bonds is 4. The summed E-state index contributed by atoms with van der Waals surface area (Å²) in [7, 11) is -8.17. The summed E-state index contributed by atoms with van der Waals surface area (Å²) in [4.78, 5) is 3.87. The van der Waals surface area contributed by atoms with Gasteiger partial charge in [-0.3, -0.25) is 14.3 Å². The van der Waals surface area contributed by atoms with Gasteiger partial charge in [0.15, 0.2) is 0 Å². The topological polar surface area (TPSA) is 113 Å². The number of hydrogen-bond acceptors (Lipinski definition) is 5. The predicted octanol–water partition coefficient (Wildman–Crippen LogP) is 2.28. The van der Waals surface area contributed by atoms with Crippen molar-refractivity contribution in [2.24, 2.45) is 0 Å². The Kier molecular flexibility index (Phi) is 3.99. The second-order valence-corrected chi connectivity index (χ2v) is 8.07. The molecule has 0 fully saturated rings. The van der Waals surface area contributed by atoms with E-state index in [4.69, 9.17) is 4.55 Å². The highest BCUT2D eigenvalue weighted by molar-refractivity contribution is 7.92. The Labute approximate surface area is 138 Å². The maximum Gasteiger partial charge on any atom is 0.294 e. The summed E-state index contributed by atoms with van der Waals surface area (Å²) >= 11 is 0. The standard InChI is InChI=1S/C15H12N2O5S2/c18-23(19,14-7-8-15-11(10-14)2-1-9-16-15)17-12-3-5-13(6-4-12)24(20,21)22/h1-10,17H,(H,20,21,22). The van der Waals surface area contributed by atoms with E-state index in [9.17, 15) is 16.8 Å². The lowest BCUT2D eigenvalue weighted by Crippen LogP contribution is -2.13. The fourth-order valence-electron chi connectivity index (χ4n) is 2.13. The second-order valence-electron chi connectivity index (χ2n) is 4.96. The largest absolute Gasteiger partial charge is 0.294 e. The highest BCUT2D eigenvalue weighted by atomic mass is 32.2. The lowest BCUT2D eigenvalue weighted by Gasteiger charge is -2.09. The number of pyridine rings is 1. The minimum Gasteiger partial charge on any atom is -0.282 e. The molecule has 0 saturated carbocycles. The van der Waals surface area contributed by atoms with Crippen LogP contribution in [0.3, 0.4) is 0 Å². The first-order valence-corrected chi connectivity index (χ1v) is 9.63. The fourth-order valence-corrected chi connectivity index (χ4v) is 3.70. The van der Waals surface area contributed by atoms with Gasteiger partial charge in [-0.05, 0) is 48.5 Å². The van der Waals surface area contributed by atoms with Gasteiger partial charge in [0, 0.05) is 17.3 Å². The van der Waals surface area contributed by atoms with Gasteiger partial charge in [-0.1, -0.05) is 6.07 Å². The van der Waals surface area contributed by atoms with E-state index in [2.05, 4.69) is 9.71 Å². The van der Waals surface area contributed by atoms with E-state index in [1.807, 2.05) is 0 Å². The van der Waals surface area contributed by atoms with Crippen LogP contribution in [-0.2, 0) is 20.1 Å². The first kappa shape index (κ1) is 16.4. The van der Waals surface area contributed by atoms with Crippen LogP contribution in [0.2, 0.25) is 0 Å². The van der Waals surface area contributed by atoms with Gasteiger partial charge in [0.05, 0.1) is 15.3 Å². The summed E-state index contributed by atoms with van der Waals surface area (Å²) in [5.74, 6) is 0. The summed E-state index contributed by atoms with van der Waals surface area (Å²) in [6.07, 6.45) is 1.62. The first-order chi connectivity index (χ1) is 11.3. The molecule has 7 nitrogen and oxygen atoms in total. The number of sulfonamides is 1. The Morgan fingerprint density at radius 2 is 1.54 bits per heavy atom. The zero-order valence-corrected chi connectivity index (χ0v) is 13.8. The summed E-state index contributed by atoms with van der Waals surface area (Å²) in [6.45, 7) is 0. The monoisotopic (exact) mass is 364 g/mol. The molecule has 0 bridgehead atoms. The molecule has 0 saturated heterocycles. The molecule has 1 aromatic heterocycles. The van der Waals surface area contributed by atoms with Crippen molar-refractivity contribution in [1.82, 2.24) is 4.98 Å². The molecule has 0 aliphatic carbocycles. The summed E-state index contributed by atoms with van der Waals surface area (Å²) in [5, 5.41) is 0.682. The molecule has 0 amide bonds. The quantitative estimate of drug-likeness (QED) is 0.687. The molecule has 2 N–H and O–H groups in total. The molecule has 1 heterocycles. The molecule has 0 unspecified atom stereocenters. The molecular weight excluding hydrogens is 352 g/mol. The van der Waals surface area contributed by atoms with Crippen LogP contribution in [0, 0.1) is 0 Å². The maximum absolute atomic E-state index is 12.4. The average molecular weight is 364 g/mol. The van der Waals surface area contributed by atoms with Gasteiger partial charge in [-0.15, -0.1) is 0 Å². The van der Waals surface area contributed by atoms with Crippen LogP contribution in [0.4, 0.5) is 5.69 Å². The van der Waals surface area contributed by atoms with Crippen LogP contribution in [0.5, 0.6) is 0 Å². The highest BCUT2D eigenvalue weighted by Gasteiger charge is 2.16. The zero-order chi connectivity index (χ0) is 17.4. The lowest BCUT2D eigenvalue weighted by molar-refractivity contribution is 0.483. The van der Waals surface area contributed by atoms with Gasteiger partial charge in [-0.25, -0.2) is 8.42 Å². The van der Waals surface area contributed by atoms with Crippen molar-refractivity contribution in [1.29, 1.82) is 0 Å². The molecule has 0 atom stereocenters. The van der Waals surface area contributed by atoms with E-state index >= 15 is 0 Å². The van der Waals surface area contributed by atoms with Crippen molar-refractivity contribution >= 4 is 36.7 Å². The Balaban J connectivity index is 1.92. The van der Waals surface area contributed by atoms with E-state index in [0.29, 0.717) is 10.9 Å². The number of nitrogens with zero attached hydrogens (tertiary/aromatic N) is 1. The normalized spacial score (nSPS) is 12.2. The van der Waals surface area contributed by atoms with Crippen molar-refractivity contribution < 1.29 is 21.4 Å². The van der Waals surface area contributed by atoms with Crippen LogP contribution in [0.15, 0.2) is 70.6 Å². The summed E-state index contributed by atoms with van der Waals surface area (Å²) in [5.41, 5.74) is 0.850. The molecular formula is C15H12N2O5S2. The van der Waals surface area contributed by atoms with Crippen LogP contribution >= 0.6 is 0 Å². The Bertz CT molecular complexity index is 1110. The molecule has 24 heavy (non-hydrogen) atoms. The molecule has 124 valence electrons. The van der Waals surface area contributed by atoms with E-state index in [-0.39, 0.29) is 15.5 Å². The molecule has 0 spiro atoms. The molecule has 3 aromatic rings. The summed E-state index contributed by atoms with van der Waals surface area (Å²) < 4.78 is 58.1. The third-order valence-corrected chi connectivity index (χ3v) is 5.54. The van der Waals surface area contributed by atoms with E-state index in [1.165, 1.54) is 24.3 Å². The highest BCUT2D eigenvalue weighted by Crippen LogP contribution is 2.21. The first-order valence-electron chi connectivity index (χ1n) is 6.71. The number of nitrogens with one attached hydrogen (secondary N) is 1. The van der Waals surface area contributed by atoms with E-state index in [0.717, 1.165) is 12.1 Å². The smallest absolute Gasteiger partial charge is 0.282 e. The molecule has 0 aliphatic rings. The zero-order valence-electron chi connectivity index (χ0n) is 12.1. The van der Waals surface area contributed by atoms with Crippen LogP contribution in [0.25, 0.3) is 10.9 Å². The van der Waals surface area contributed by atoms with E-state index < -0.39 is 20.1 Å². The number of fused-ring (bicyclic) bond motifs is 1. The minimum absolute atomic E-state index is 0.0573. The molecule has 2 aromatic carbocycles. The van der Waals surface area contributed by atoms with Gasteiger partial charge in [0.1, 0.15) is 0 Å². The number of benzene rings is 2. The third-order valence-electron chi connectivity index (χ3n) is 3.29. The van der Waals surface area contributed by atoms with Gasteiger partial charge in [0.2, 0.25) is 0 Å². The Morgan fingerprint density at radius 3 is 2.21 bits per heavy atom. The van der Waals surface area contributed by atoms with Crippen LogP contribution in [-0.4, -0.2) is 26.4 Å². The Morgan fingerprint density at radius 1 is 0.875 bits per heavy atom. The third kappa shape index (κ3) is 3.37. The lowest BCUT2D eigenvalue weighted by atomic mass is 10.2. The fraction of sp³-hybridized carbons (Fsp3) is 0. The molecule has 3 rings (SSSR count). The van der Waals surface area contributed by atoms with Crippen LogP contribution in [0.1, 0.15) is 0 Å². The molecule has 0 aliphatic heterocycles. The number of anilines is 1. The minimum atomic E-state index is -4.32. The van der Waals surface area contributed by atoms with E-state index in [1.54, 1.807) is 24.4 Å². The predicted molar refractivity (Wildman–Crippen MR) is 88.8 cm³/mol. The van der Waals surface area contributed by atoms with Gasteiger partial charge >= 0.3 is 0 Å². The van der Waals surface area contributed by atoms with Gasteiger partial charge in [0.25, 0.3) is 20.1 Å². The van der Waals surface area contributed by atoms with Crippen molar-refractivity contribution in [2.45, 2.75) is 9.79 Å². The average Bonchev–Trinajstić information content (AvgIpc) is 2.53. The molecule has 9 heteroatoms. The maximum atomic E-state index is 12.4. The van der Waals surface area contributed by atoms with Gasteiger partial charge in [-0.2, -0.15) is 8.42 Å². The van der Waals surface area contributed by atoms with Gasteiger partial charge < -0.3 is 0 Å². The Hall–Kier alpha value is -2.49.